The van der Waals surface area contributed by atoms with E-state index in [1.807, 2.05) is 0 Å². The summed E-state index contributed by atoms with van der Waals surface area (Å²) in [5, 5.41) is 0. The number of anilines is 1. The van der Waals surface area contributed by atoms with Crippen molar-refractivity contribution >= 4 is 19.6 Å². The van der Waals surface area contributed by atoms with Crippen LogP contribution < -0.4 is 4.90 Å². The molecule has 3 rings (SSSR count). The summed E-state index contributed by atoms with van der Waals surface area (Å²) in [6.45, 7) is 6.04. The van der Waals surface area contributed by atoms with Crippen LogP contribution in [-0.2, 0) is 21.1 Å². The van der Waals surface area contributed by atoms with Crippen LogP contribution in [-0.4, -0.2) is 60.3 Å². The average molecular weight is 393 g/mol. The van der Waals surface area contributed by atoms with Crippen LogP contribution in [0.3, 0.4) is 0 Å². The molecule has 2 aliphatic heterocycles. The van der Waals surface area contributed by atoms with Crippen LogP contribution in [0.5, 0.6) is 0 Å². The summed E-state index contributed by atoms with van der Waals surface area (Å²) < 4.78 is 5.41. The zero-order chi connectivity index (χ0) is 14.2. The Balaban J connectivity index is 0.000000704. The van der Waals surface area contributed by atoms with Crippen LogP contribution in [0.1, 0.15) is 12.8 Å². The van der Waals surface area contributed by atoms with E-state index in [-0.39, 0.29) is 0 Å². The summed E-state index contributed by atoms with van der Waals surface area (Å²) in [6.07, 6.45) is 5.77. The normalized spacial score (nSPS) is 21.2. The molecule has 2 saturated heterocycles. The third kappa shape index (κ3) is 4.45. The molecule has 1 aromatic rings. The van der Waals surface area contributed by atoms with E-state index in [1.54, 1.807) is 12.4 Å². The number of hydrogen-bond donors (Lipinski definition) is 0. The maximum absolute atomic E-state index is 5.41. The van der Waals surface area contributed by atoms with E-state index in [0.29, 0.717) is 6.04 Å². The van der Waals surface area contributed by atoms with E-state index < -0.39 is 0 Å². The summed E-state index contributed by atoms with van der Waals surface area (Å²) in [4.78, 5) is 13.4. The van der Waals surface area contributed by atoms with Gasteiger partial charge in [-0.1, -0.05) is 0 Å². The van der Waals surface area contributed by atoms with Gasteiger partial charge in [0.15, 0.2) is 0 Å². The summed E-state index contributed by atoms with van der Waals surface area (Å²) >= 11 is 4.25. The number of halogens is 1. The number of aromatic nitrogens is 2. The van der Waals surface area contributed by atoms with Crippen molar-refractivity contribution < 1.29 is 21.1 Å². The van der Waals surface area contributed by atoms with Crippen molar-refractivity contribution in [3.63, 3.8) is 0 Å². The van der Waals surface area contributed by atoms with E-state index in [2.05, 4.69) is 39.5 Å². The van der Waals surface area contributed by atoms with Gasteiger partial charge < -0.3 is 15.7 Å². The standard InChI is InChI=1S/C13H19N4O.BrH.Zn/c1-4-14-13(15-5-1)17-6-2-12(3-7-17)16-8-10-18-11-9-16;;/h4-5,12H,2-3,6-11H2;1H;/q-1;;+2/p-1. The molecule has 0 bridgehead atoms. The molecule has 7 heteroatoms. The smallest absolute Gasteiger partial charge is 0.219 e. The Morgan fingerprint density at radius 2 is 1.70 bits per heavy atom. The monoisotopic (exact) mass is 390 g/mol. The first-order valence-electron chi connectivity index (χ1n) is 6.95. The zero-order valence-corrected chi connectivity index (χ0v) is 16.2. The van der Waals surface area contributed by atoms with E-state index in [4.69, 9.17) is 4.74 Å². The van der Waals surface area contributed by atoms with Crippen LogP contribution in [0.25, 0.3) is 0 Å². The van der Waals surface area contributed by atoms with Gasteiger partial charge in [-0.15, -0.1) is 12.4 Å². The van der Waals surface area contributed by atoms with E-state index in [0.717, 1.165) is 45.3 Å². The molecule has 2 aliphatic rings. The third-order valence-electron chi connectivity index (χ3n) is 3.82. The largest absolute Gasteiger partial charge is 0.434 e. The second kappa shape index (κ2) is 9.03. The van der Waals surface area contributed by atoms with E-state index in [1.165, 1.54) is 29.2 Å². The van der Waals surface area contributed by atoms with Crippen molar-refractivity contribution in [2.45, 2.75) is 18.9 Å². The number of ether oxygens (including phenoxy) is 1. The fourth-order valence-corrected chi connectivity index (χ4v) is 2.79. The molecule has 5 nitrogen and oxygen atoms in total. The maximum Gasteiger partial charge on any atom is 0.219 e. The minimum absolute atomic E-state index is 0.709. The number of nitrogens with zero attached hydrogens (tertiary/aromatic N) is 4. The fraction of sp³-hybridized carbons (Fsp3) is 0.692. The van der Waals surface area contributed by atoms with Gasteiger partial charge in [-0.3, -0.25) is 14.9 Å². The van der Waals surface area contributed by atoms with Crippen molar-refractivity contribution in [3.05, 3.63) is 18.5 Å². The molecule has 0 N–H and O–H groups in total. The average Bonchev–Trinajstić information content (AvgIpc) is 2.58. The molecule has 20 heavy (non-hydrogen) atoms. The van der Waals surface area contributed by atoms with Crippen LogP contribution in [0.4, 0.5) is 5.95 Å². The van der Waals surface area contributed by atoms with Crippen LogP contribution >= 0.6 is 13.6 Å². The molecule has 0 radical (unpaired) electrons. The second-order valence-corrected chi connectivity index (χ2v) is 4.85. The molecule has 2 fully saturated rings. The van der Waals surface area contributed by atoms with Gasteiger partial charge in [0, 0.05) is 32.2 Å². The van der Waals surface area contributed by atoms with E-state index in [9.17, 15) is 0 Å². The minimum atomic E-state index is 0.709. The summed E-state index contributed by atoms with van der Waals surface area (Å²) in [5.74, 6) is 0.842. The van der Waals surface area contributed by atoms with Gasteiger partial charge in [-0.2, -0.15) is 0 Å². The summed E-state index contributed by atoms with van der Waals surface area (Å²) in [6, 6.07) is 3.57. The zero-order valence-electron chi connectivity index (χ0n) is 11.7. The van der Waals surface area contributed by atoms with Gasteiger partial charge in [0.05, 0.1) is 13.2 Å². The topological polar surface area (TPSA) is 41.5 Å². The summed E-state index contributed by atoms with van der Waals surface area (Å²) in [5.41, 5.74) is 0. The first-order chi connectivity index (χ1) is 9.93. The van der Waals surface area contributed by atoms with Crippen LogP contribution in [0.15, 0.2) is 12.4 Å². The first kappa shape index (κ1) is 16.3. The third-order valence-corrected chi connectivity index (χ3v) is 3.82. The van der Waals surface area contributed by atoms with Gasteiger partial charge >= 0.3 is 30.0 Å². The molecule has 1 aromatic heterocycles. The number of hydrogen-bond acceptors (Lipinski definition) is 5. The Bertz CT molecular complexity index is 370. The predicted molar refractivity (Wildman–Crippen MR) is 77.4 cm³/mol. The van der Waals surface area contributed by atoms with Crippen molar-refractivity contribution in [2.24, 2.45) is 0 Å². The fourth-order valence-electron chi connectivity index (χ4n) is 2.79. The molecule has 0 unspecified atom stereocenters. The quantitative estimate of drug-likeness (QED) is 0.562. The predicted octanol–water partition coefficient (Wildman–Crippen LogP) is 1.42. The minimum Gasteiger partial charge on any atom is -0.434 e. The molecule has 0 aromatic carbocycles. The molecule has 0 aliphatic carbocycles. The van der Waals surface area contributed by atoms with Gasteiger partial charge in [0.25, 0.3) is 0 Å². The summed E-state index contributed by atoms with van der Waals surface area (Å²) in [7, 11) is 0. The van der Waals surface area contributed by atoms with Crippen molar-refractivity contribution in [3.8, 4) is 0 Å². The molecular weight excluding hydrogens is 373 g/mol. The van der Waals surface area contributed by atoms with Gasteiger partial charge in [0.2, 0.25) is 5.95 Å². The second-order valence-electron chi connectivity index (χ2n) is 4.85. The first-order valence-corrected chi connectivity index (χ1v) is 13.9. The SMILES string of the molecule is [Zn+][Br].[c-]1cnc(N2CCC(N3CCOCC3)CC2)nc1. The van der Waals surface area contributed by atoms with E-state index >= 15 is 0 Å². The Morgan fingerprint density at radius 1 is 1.10 bits per heavy atom. The van der Waals surface area contributed by atoms with Crippen LogP contribution in [0.2, 0.25) is 0 Å². The van der Waals surface area contributed by atoms with Gasteiger partial charge in [0.1, 0.15) is 0 Å². The van der Waals surface area contributed by atoms with Crippen LogP contribution in [0, 0.1) is 6.07 Å². The molecule has 0 saturated carbocycles. The van der Waals surface area contributed by atoms with Crippen molar-refractivity contribution in [2.75, 3.05) is 44.3 Å². The molecule has 3 heterocycles. The Kier molecular flexibility index (Phi) is 7.35. The number of piperidine rings is 1. The van der Waals surface area contributed by atoms with Gasteiger partial charge in [-0.25, -0.2) is 0 Å². The van der Waals surface area contributed by atoms with Gasteiger partial charge in [-0.05, 0) is 12.8 Å². The maximum atomic E-state index is 5.41. The molecule has 106 valence electrons. The Hall–Kier alpha value is -0.0966. The number of rotatable bonds is 2. The Labute approximate surface area is 137 Å². The molecule has 0 spiro atoms. The number of morpholine rings is 1. The van der Waals surface area contributed by atoms with Crippen molar-refractivity contribution in [1.29, 1.82) is 0 Å². The Morgan fingerprint density at radius 3 is 2.30 bits per heavy atom. The molecule has 0 atom stereocenters. The molecule has 0 amide bonds. The van der Waals surface area contributed by atoms with Crippen molar-refractivity contribution in [1.82, 2.24) is 14.9 Å². The molecular formula is C13H19BrN4OZn.